The van der Waals surface area contributed by atoms with E-state index in [4.69, 9.17) is 10.5 Å². The minimum absolute atomic E-state index is 0.0493. The van der Waals surface area contributed by atoms with Crippen LogP contribution < -0.4 is 15.8 Å². The van der Waals surface area contributed by atoms with Crippen LogP contribution in [0.4, 0.5) is 10.5 Å². The van der Waals surface area contributed by atoms with Crippen molar-refractivity contribution in [1.29, 1.82) is 0 Å². The molecule has 4 N–H and O–H groups in total. The smallest absolute Gasteiger partial charge is 0.333 e. The number of amides is 2. The van der Waals surface area contributed by atoms with Gasteiger partial charge in [0.25, 0.3) is 10.0 Å². The summed E-state index contributed by atoms with van der Waals surface area (Å²) >= 11 is 0. The molecule has 1 aromatic carbocycles. The molecule has 0 atom stereocenters. The average Bonchev–Trinajstić information content (AvgIpc) is 3.25. The molecule has 1 aliphatic heterocycles. The Bertz CT molecular complexity index is 966. The number of nitrogens with zero attached hydrogens (tertiary/aromatic N) is 1. The number of aryl methyl sites for hydroxylation is 2. The zero-order valence-electron chi connectivity index (χ0n) is 16.3. The van der Waals surface area contributed by atoms with Gasteiger partial charge in [-0.3, -0.25) is 4.99 Å². The van der Waals surface area contributed by atoms with E-state index in [1.807, 2.05) is 0 Å². The number of carbonyl (C=O) groups is 1. The monoisotopic (exact) mass is 418 g/mol. The van der Waals surface area contributed by atoms with Crippen molar-refractivity contribution in [1.82, 2.24) is 4.72 Å². The summed E-state index contributed by atoms with van der Waals surface area (Å²) in [5.74, 6) is -0.0493. The van der Waals surface area contributed by atoms with Crippen molar-refractivity contribution in [2.45, 2.75) is 51.4 Å². The number of carbonyl (C=O) groups excluding carboxylic acids is 1. The van der Waals surface area contributed by atoms with Gasteiger partial charge in [0.1, 0.15) is 0 Å². The van der Waals surface area contributed by atoms with Crippen molar-refractivity contribution >= 4 is 27.6 Å². The fourth-order valence-corrected chi connectivity index (χ4v) is 5.25. The van der Waals surface area contributed by atoms with Gasteiger partial charge in [0.15, 0.2) is 4.91 Å². The first-order valence-electron chi connectivity index (χ1n) is 10.1. The number of benzene rings is 1. The number of urea groups is 1. The van der Waals surface area contributed by atoms with E-state index in [9.17, 15) is 13.2 Å². The molecule has 3 aliphatic rings. The summed E-state index contributed by atoms with van der Waals surface area (Å²) in [6.45, 7) is 0.816. The fraction of sp³-hybridized carbons (Fsp3) is 0.500. The van der Waals surface area contributed by atoms with E-state index < -0.39 is 16.1 Å². The van der Waals surface area contributed by atoms with E-state index >= 15 is 0 Å². The van der Waals surface area contributed by atoms with Gasteiger partial charge in [0, 0.05) is 18.4 Å². The lowest BCUT2D eigenvalue weighted by Gasteiger charge is -2.17. The van der Waals surface area contributed by atoms with Gasteiger partial charge in [-0.15, -0.1) is 0 Å². The molecule has 0 spiro atoms. The molecule has 0 saturated heterocycles. The summed E-state index contributed by atoms with van der Waals surface area (Å²) in [5.41, 5.74) is 11.1. The first-order valence-corrected chi connectivity index (χ1v) is 11.6. The number of fused-ring (bicyclic) bond motifs is 2. The summed E-state index contributed by atoms with van der Waals surface area (Å²) in [7, 11) is -4.22. The number of anilines is 1. The molecule has 0 saturated carbocycles. The number of sulfonamides is 1. The van der Waals surface area contributed by atoms with Crippen LogP contribution >= 0.6 is 0 Å². The predicted molar refractivity (Wildman–Crippen MR) is 111 cm³/mol. The van der Waals surface area contributed by atoms with E-state index in [0.717, 1.165) is 74.4 Å². The Morgan fingerprint density at radius 2 is 1.76 bits per heavy atom. The van der Waals surface area contributed by atoms with Gasteiger partial charge in [0.2, 0.25) is 5.90 Å². The molecule has 1 aromatic rings. The van der Waals surface area contributed by atoms with Crippen LogP contribution in [-0.4, -0.2) is 33.5 Å². The predicted octanol–water partition coefficient (Wildman–Crippen LogP) is 2.12. The Kier molecular flexibility index (Phi) is 5.49. The maximum Gasteiger partial charge on any atom is 0.333 e. The van der Waals surface area contributed by atoms with Crippen molar-refractivity contribution in [3.8, 4) is 0 Å². The van der Waals surface area contributed by atoms with Gasteiger partial charge < -0.3 is 15.8 Å². The third-order valence-electron chi connectivity index (χ3n) is 5.64. The SMILES string of the molecule is NC=C(C1=NCCCCO1)S(=O)(=O)NC(=O)Nc1c2c(cc3c1CCC3)CCC2. The molecule has 2 aliphatic carbocycles. The van der Waals surface area contributed by atoms with Crippen LogP contribution in [-0.2, 0) is 40.4 Å². The van der Waals surface area contributed by atoms with Gasteiger partial charge in [-0.05, 0) is 73.6 Å². The van der Waals surface area contributed by atoms with Crippen LogP contribution in [0.25, 0.3) is 0 Å². The second-order valence-electron chi connectivity index (χ2n) is 7.57. The molecular weight excluding hydrogens is 392 g/mol. The van der Waals surface area contributed by atoms with E-state index in [0.29, 0.717) is 13.2 Å². The summed E-state index contributed by atoms with van der Waals surface area (Å²) in [4.78, 5) is 16.5. The topological polar surface area (TPSA) is 123 Å². The molecule has 4 rings (SSSR count). The van der Waals surface area contributed by atoms with Gasteiger partial charge in [-0.2, -0.15) is 0 Å². The maximum absolute atomic E-state index is 12.8. The molecule has 0 bridgehead atoms. The first kappa shape index (κ1) is 19.8. The van der Waals surface area contributed by atoms with Crippen molar-refractivity contribution in [2.75, 3.05) is 18.5 Å². The normalized spacial score (nSPS) is 18.9. The van der Waals surface area contributed by atoms with Crippen LogP contribution in [0.3, 0.4) is 0 Å². The Morgan fingerprint density at radius 3 is 2.41 bits per heavy atom. The minimum atomic E-state index is -4.22. The summed E-state index contributed by atoms with van der Waals surface area (Å²) in [6.07, 6.45) is 8.37. The summed E-state index contributed by atoms with van der Waals surface area (Å²) in [6, 6.07) is 1.45. The third-order valence-corrected chi connectivity index (χ3v) is 6.98. The van der Waals surface area contributed by atoms with E-state index in [2.05, 4.69) is 21.1 Å². The van der Waals surface area contributed by atoms with Crippen LogP contribution in [0, 0.1) is 0 Å². The highest BCUT2D eigenvalue weighted by atomic mass is 32.2. The Morgan fingerprint density at radius 1 is 1.07 bits per heavy atom. The lowest BCUT2D eigenvalue weighted by atomic mass is 9.99. The molecule has 0 fully saturated rings. The maximum atomic E-state index is 12.8. The zero-order valence-corrected chi connectivity index (χ0v) is 17.1. The van der Waals surface area contributed by atoms with Gasteiger partial charge in [-0.25, -0.2) is 17.9 Å². The number of nitrogens with two attached hydrogens (primary N) is 1. The van der Waals surface area contributed by atoms with Crippen LogP contribution in [0.15, 0.2) is 22.2 Å². The molecule has 8 nitrogen and oxygen atoms in total. The van der Waals surface area contributed by atoms with E-state index in [1.54, 1.807) is 0 Å². The average molecular weight is 419 g/mol. The molecule has 156 valence electrons. The molecular formula is C20H26N4O4S. The van der Waals surface area contributed by atoms with Crippen LogP contribution in [0.5, 0.6) is 0 Å². The molecule has 1 heterocycles. The van der Waals surface area contributed by atoms with Crippen molar-refractivity contribution in [3.05, 3.63) is 39.4 Å². The highest BCUT2D eigenvalue weighted by Crippen LogP contribution is 2.38. The Balaban J connectivity index is 1.55. The van der Waals surface area contributed by atoms with Crippen molar-refractivity contribution < 1.29 is 17.9 Å². The minimum Gasteiger partial charge on any atom is -0.477 e. The number of rotatable bonds is 4. The largest absolute Gasteiger partial charge is 0.477 e. The molecule has 0 unspecified atom stereocenters. The lowest BCUT2D eigenvalue weighted by Crippen LogP contribution is -2.38. The zero-order chi connectivity index (χ0) is 20.4. The number of hydrogen-bond donors (Lipinski definition) is 3. The quantitative estimate of drug-likeness (QED) is 0.691. The molecule has 9 heteroatoms. The third kappa shape index (κ3) is 3.96. The molecule has 29 heavy (non-hydrogen) atoms. The molecule has 0 aromatic heterocycles. The molecule has 0 radical (unpaired) electrons. The number of aliphatic imine (C=N–C) groups is 1. The lowest BCUT2D eigenvalue weighted by molar-refractivity contribution is 0.256. The fourth-order valence-electron chi connectivity index (χ4n) is 4.32. The Hall–Kier alpha value is -2.55. The van der Waals surface area contributed by atoms with Gasteiger partial charge in [-0.1, -0.05) is 6.07 Å². The highest BCUT2D eigenvalue weighted by Gasteiger charge is 2.29. The van der Waals surface area contributed by atoms with Gasteiger partial charge in [0.05, 0.1) is 6.61 Å². The highest BCUT2D eigenvalue weighted by molar-refractivity contribution is 7.94. The number of nitrogens with one attached hydrogen (secondary N) is 2. The second kappa shape index (κ2) is 8.06. The summed E-state index contributed by atoms with van der Waals surface area (Å²) < 4.78 is 33.0. The van der Waals surface area contributed by atoms with Crippen LogP contribution in [0.2, 0.25) is 0 Å². The second-order valence-corrected chi connectivity index (χ2v) is 9.22. The standard InChI is InChI=1S/C20H26N4O4S/c21-12-17(19-22-9-1-2-10-28-19)29(26,27)24-20(25)23-18-15-7-3-5-13(15)11-14-6-4-8-16(14)18/h11-12H,1-10,21H2,(H2,23,24,25). The van der Waals surface area contributed by atoms with Gasteiger partial charge >= 0.3 is 6.03 Å². The van der Waals surface area contributed by atoms with Crippen LogP contribution in [0.1, 0.15) is 47.9 Å². The number of ether oxygens (including phenoxy) is 1. The number of hydrogen-bond acceptors (Lipinski definition) is 6. The van der Waals surface area contributed by atoms with E-state index in [-0.39, 0.29) is 10.8 Å². The summed E-state index contributed by atoms with van der Waals surface area (Å²) in [5, 5.41) is 2.82. The van der Waals surface area contributed by atoms with Crippen molar-refractivity contribution in [3.63, 3.8) is 0 Å². The molecule has 2 amide bonds. The van der Waals surface area contributed by atoms with E-state index in [1.165, 1.54) is 11.1 Å². The first-order chi connectivity index (χ1) is 14.0. The Labute approximate surface area is 170 Å². The van der Waals surface area contributed by atoms with Crippen molar-refractivity contribution in [2.24, 2.45) is 10.7 Å².